The number of rotatable bonds is 4. The molecule has 4 heterocycles. The summed E-state index contributed by atoms with van der Waals surface area (Å²) < 4.78 is 0. The molecule has 2 bridgehead atoms. The van der Waals surface area contributed by atoms with Gasteiger partial charge in [-0.2, -0.15) is 0 Å². The predicted octanol–water partition coefficient (Wildman–Crippen LogP) is 2.94. The van der Waals surface area contributed by atoms with Crippen LogP contribution in [-0.4, -0.2) is 57.6 Å². The molecule has 1 N–H and O–H groups in total. The van der Waals surface area contributed by atoms with Crippen molar-refractivity contribution >= 4 is 5.91 Å². The molecule has 1 aromatic heterocycles. The highest BCUT2D eigenvalue weighted by Crippen LogP contribution is 2.41. The van der Waals surface area contributed by atoms with Gasteiger partial charge in [-0.15, -0.1) is 0 Å². The fraction of sp³-hybridized carbons (Fsp3) is 0.500. The van der Waals surface area contributed by atoms with Gasteiger partial charge in [-0.1, -0.05) is 30.3 Å². The number of pyridine rings is 1. The maximum Gasteiger partial charge on any atom is 0.223 e. The Hall–Kier alpha value is -2.24. The summed E-state index contributed by atoms with van der Waals surface area (Å²) in [6.07, 6.45) is 7.58. The number of amides is 1. The van der Waals surface area contributed by atoms with Crippen molar-refractivity contribution in [2.75, 3.05) is 19.7 Å². The number of hydrogen-bond acceptors (Lipinski definition) is 4. The van der Waals surface area contributed by atoms with Crippen molar-refractivity contribution in [1.29, 1.82) is 0 Å². The van der Waals surface area contributed by atoms with Gasteiger partial charge in [-0.25, -0.2) is 0 Å². The summed E-state index contributed by atoms with van der Waals surface area (Å²) >= 11 is 0. The third kappa shape index (κ3) is 3.58. The molecule has 29 heavy (non-hydrogen) atoms. The van der Waals surface area contributed by atoms with Gasteiger partial charge in [0.15, 0.2) is 0 Å². The van der Waals surface area contributed by atoms with E-state index in [2.05, 4.69) is 45.1 Å². The van der Waals surface area contributed by atoms with Crippen molar-refractivity contribution < 1.29 is 9.90 Å². The standard InChI is InChI=1S/C24H29N3O2/c28-16-23-21-11-20(22-4-1-5-24(29)27(22)23)14-26(15-21)13-17-6-8-18(9-7-17)19-3-2-10-25-12-19/h2-3,6-10,12,20-23,28H,1,4-5,11,13-16H2/t20-,21+,22+,23+/m1/s1. The van der Waals surface area contributed by atoms with Gasteiger partial charge in [0.25, 0.3) is 0 Å². The second-order valence-electron chi connectivity index (χ2n) is 8.90. The van der Waals surface area contributed by atoms with E-state index in [0.29, 0.717) is 24.3 Å². The Morgan fingerprint density at radius 3 is 2.66 bits per heavy atom. The number of nitrogens with zero attached hydrogens (tertiary/aromatic N) is 3. The third-order valence-electron chi connectivity index (χ3n) is 7.11. The molecule has 0 aliphatic carbocycles. The lowest BCUT2D eigenvalue weighted by Gasteiger charge is -2.56. The van der Waals surface area contributed by atoms with Gasteiger partial charge in [0.05, 0.1) is 12.6 Å². The van der Waals surface area contributed by atoms with E-state index in [9.17, 15) is 9.90 Å². The van der Waals surface area contributed by atoms with Crippen molar-refractivity contribution in [3.05, 3.63) is 54.4 Å². The molecule has 152 valence electrons. The summed E-state index contributed by atoms with van der Waals surface area (Å²) in [5.41, 5.74) is 3.64. The molecule has 1 amide bonds. The van der Waals surface area contributed by atoms with E-state index in [-0.39, 0.29) is 18.6 Å². The van der Waals surface area contributed by atoms with Gasteiger partial charge < -0.3 is 10.0 Å². The Kier molecular flexibility index (Phi) is 5.10. The molecule has 2 aromatic rings. The van der Waals surface area contributed by atoms with Crippen LogP contribution in [0.5, 0.6) is 0 Å². The van der Waals surface area contributed by atoms with Crippen LogP contribution in [0.4, 0.5) is 0 Å². The summed E-state index contributed by atoms with van der Waals surface area (Å²) in [5.74, 6) is 1.18. The Labute approximate surface area is 172 Å². The van der Waals surface area contributed by atoms with Crippen molar-refractivity contribution in [2.45, 2.75) is 44.3 Å². The molecule has 0 radical (unpaired) electrons. The zero-order valence-corrected chi connectivity index (χ0v) is 16.8. The number of hydrogen-bond donors (Lipinski definition) is 1. The van der Waals surface area contributed by atoms with Crippen LogP contribution in [0.25, 0.3) is 11.1 Å². The largest absolute Gasteiger partial charge is 0.394 e. The van der Waals surface area contributed by atoms with Gasteiger partial charge in [-0.05, 0) is 53.9 Å². The summed E-state index contributed by atoms with van der Waals surface area (Å²) in [5, 5.41) is 10.1. The summed E-state index contributed by atoms with van der Waals surface area (Å²) in [4.78, 5) is 21.4. The smallest absolute Gasteiger partial charge is 0.223 e. The van der Waals surface area contributed by atoms with Crippen molar-refractivity contribution in [3.8, 4) is 11.1 Å². The van der Waals surface area contributed by atoms with Crippen molar-refractivity contribution in [3.63, 3.8) is 0 Å². The fourth-order valence-electron chi connectivity index (χ4n) is 5.83. The molecule has 5 heteroatoms. The maximum atomic E-state index is 12.5. The first-order valence-corrected chi connectivity index (χ1v) is 10.9. The second kappa shape index (κ2) is 7.88. The van der Waals surface area contributed by atoms with E-state index in [1.54, 1.807) is 6.20 Å². The quantitative estimate of drug-likeness (QED) is 0.871. The number of aliphatic hydroxyl groups excluding tert-OH is 1. The second-order valence-corrected chi connectivity index (χ2v) is 8.90. The fourth-order valence-corrected chi connectivity index (χ4v) is 5.83. The minimum atomic E-state index is -0.000179. The number of aliphatic hydroxyl groups is 1. The lowest BCUT2D eigenvalue weighted by molar-refractivity contribution is -0.155. The van der Waals surface area contributed by atoms with Gasteiger partial charge in [0.2, 0.25) is 5.91 Å². The average molecular weight is 392 g/mol. The highest BCUT2D eigenvalue weighted by molar-refractivity contribution is 5.78. The highest BCUT2D eigenvalue weighted by Gasteiger charge is 2.48. The molecule has 0 saturated carbocycles. The first kappa shape index (κ1) is 18.8. The minimum Gasteiger partial charge on any atom is -0.394 e. The normalized spacial score (nSPS) is 29.6. The Balaban J connectivity index is 1.30. The predicted molar refractivity (Wildman–Crippen MR) is 112 cm³/mol. The van der Waals surface area contributed by atoms with Gasteiger partial charge in [-0.3, -0.25) is 14.7 Å². The summed E-state index contributed by atoms with van der Waals surface area (Å²) in [7, 11) is 0. The number of fused-ring (bicyclic) bond motifs is 4. The molecule has 3 aliphatic heterocycles. The maximum absolute atomic E-state index is 12.5. The molecule has 3 saturated heterocycles. The van der Waals surface area contributed by atoms with Crippen LogP contribution in [0.3, 0.4) is 0 Å². The minimum absolute atomic E-state index is 0.000179. The highest BCUT2D eigenvalue weighted by atomic mass is 16.3. The molecule has 0 unspecified atom stereocenters. The van der Waals surface area contributed by atoms with E-state index in [1.807, 2.05) is 12.3 Å². The average Bonchev–Trinajstić information content (AvgIpc) is 2.76. The lowest BCUT2D eigenvalue weighted by atomic mass is 9.72. The Bertz CT molecular complexity index is 840. The molecule has 0 spiro atoms. The monoisotopic (exact) mass is 391 g/mol. The first-order chi connectivity index (χ1) is 14.2. The lowest BCUT2D eigenvalue weighted by Crippen LogP contribution is -2.65. The van der Waals surface area contributed by atoms with E-state index < -0.39 is 0 Å². The summed E-state index contributed by atoms with van der Waals surface area (Å²) in [6.45, 7) is 3.03. The molecule has 3 aliphatic rings. The van der Waals surface area contributed by atoms with Crippen LogP contribution in [0.1, 0.15) is 31.2 Å². The van der Waals surface area contributed by atoms with E-state index in [1.165, 1.54) is 11.1 Å². The van der Waals surface area contributed by atoms with Crippen LogP contribution < -0.4 is 0 Å². The number of carbonyl (C=O) groups excluding carboxylic acids is 1. The van der Waals surface area contributed by atoms with Crippen LogP contribution in [0.2, 0.25) is 0 Å². The Morgan fingerprint density at radius 2 is 1.90 bits per heavy atom. The molecular weight excluding hydrogens is 362 g/mol. The Morgan fingerprint density at radius 1 is 1.07 bits per heavy atom. The van der Waals surface area contributed by atoms with E-state index in [4.69, 9.17) is 0 Å². The number of carbonyl (C=O) groups is 1. The SMILES string of the molecule is O=C1CCC[C@H]2[C@@H]3C[C@@H](CN(Cc4ccc(-c5cccnc5)cc4)C3)[C@H](CO)N12. The molecular formula is C24H29N3O2. The number of piperidine rings is 3. The molecule has 4 atom stereocenters. The molecule has 5 rings (SSSR count). The zero-order valence-electron chi connectivity index (χ0n) is 16.8. The van der Waals surface area contributed by atoms with E-state index in [0.717, 1.165) is 44.5 Å². The topological polar surface area (TPSA) is 56.7 Å². The number of benzene rings is 1. The first-order valence-electron chi connectivity index (χ1n) is 10.9. The third-order valence-corrected chi connectivity index (χ3v) is 7.11. The van der Waals surface area contributed by atoms with Crippen molar-refractivity contribution in [1.82, 2.24) is 14.8 Å². The van der Waals surface area contributed by atoms with Gasteiger partial charge >= 0.3 is 0 Å². The number of likely N-dealkylation sites (tertiary alicyclic amines) is 1. The van der Waals surface area contributed by atoms with E-state index >= 15 is 0 Å². The van der Waals surface area contributed by atoms with Crippen LogP contribution >= 0.6 is 0 Å². The van der Waals surface area contributed by atoms with Gasteiger partial charge in [0.1, 0.15) is 0 Å². The molecule has 1 aromatic carbocycles. The van der Waals surface area contributed by atoms with Crippen LogP contribution in [-0.2, 0) is 11.3 Å². The molecule has 5 nitrogen and oxygen atoms in total. The zero-order chi connectivity index (χ0) is 19.8. The van der Waals surface area contributed by atoms with Crippen LogP contribution in [0.15, 0.2) is 48.8 Å². The van der Waals surface area contributed by atoms with Crippen molar-refractivity contribution in [2.24, 2.45) is 11.8 Å². The number of aromatic nitrogens is 1. The summed E-state index contributed by atoms with van der Waals surface area (Å²) in [6, 6.07) is 13.1. The molecule has 3 fully saturated rings. The van der Waals surface area contributed by atoms with Crippen LogP contribution in [0, 0.1) is 11.8 Å². The van der Waals surface area contributed by atoms with Gasteiger partial charge in [0, 0.05) is 44.5 Å².